The summed E-state index contributed by atoms with van der Waals surface area (Å²) in [5.74, 6) is -3.01. The lowest BCUT2D eigenvalue weighted by Gasteiger charge is -2.08. The zero-order valence-electron chi connectivity index (χ0n) is 11.3. The van der Waals surface area contributed by atoms with Crippen molar-refractivity contribution in [2.75, 3.05) is 13.1 Å². The van der Waals surface area contributed by atoms with Crippen molar-refractivity contribution in [2.45, 2.75) is 46.0 Å². The second kappa shape index (κ2) is 6.83. The molecule has 0 aliphatic carbocycles. The van der Waals surface area contributed by atoms with E-state index in [0.717, 1.165) is 18.0 Å². The molecule has 1 aliphatic rings. The van der Waals surface area contributed by atoms with Crippen molar-refractivity contribution in [2.24, 2.45) is 0 Å². The number of nitrogens with one attached hydrogen (secondary N) is 1. The van der Waals surface area contributed by atoms with Crippen LogP contribution in [0.5, 0.6) is 0 Å². The topological polar surface area (TPSA) is 47.6 Å². The smallest absolute Gasteiger partial charge is 0.536 e. The van der Waals surface area contributed by atoms with E-state index in [1.165, 1.54) is 0 Å². The number of carboxylic acid groups (broad SMARTS) is 1. The summed E-state index contributed by atoms with van der Waals surface area (Å²) in [7, 11) is 0. The van der Waals surface area contributed by atoms with Gasteiger partial charge in [-0.05, 0) is 27.7 Å². The molecule has 1 heterocycles. The predicted octanol–water partition coefficient (Wildman–Crippen LogP) is -0.662. The van der Waals surface area contributed by atoms with Gasteiger partial charge in [0.1, 0.15) is 12.5 Å². The molecule has 0 amide bonds. The lowest BCUT2D eigenvalue weighted by molar-refractivity contribution is -0.833. The molecule has 0 radical (unpaired) electrons. The molecule has 0 aromatic heterocycles. The van der Waals surface area contributed by atoms with E-state index in [1.807, 2.05) is 18.4 Å². The van der Waals surface area contributed by atoms with Crippen LogP contribution in [-0.2, 0) is 4.79 Å². The highest BCUT2D eigenvalue weighted by atomic mass is 19.4. The minimum atomic E-state index is -5.19. The summed E-state index contributed by atoms with van der Waals surface area (Å²) in [5, 5.41) is 8.78. The number of rotatable bonds is 2. The van der Waals surface area contributed by atoms with Crippen molar-refractivity contribution >= 4 is 12.1 Å². The molecular weight excluding hydrogens is 268 g/mol. The van der Waals surface area contributed by atoms with Gasteiger partial charge >= 0.3 is 12.3 Å². The minimum absolute atomic E-state index is 0.0278. The summed E-state index contributed by atoms with van der Waals surface area (Å²) in [5.41, 5.74) is 0. The Kier molecular flexibility index (Phi) is 6.41. The fourth-order valence-corrected chi connectivity index (χ4v) is 1.64. The van der Waals surface area contributed by atoms with Crippen molar-refractivity contribution in [1.29, 1.82) is 0 Å². The number of quaternary nitrogens is 1. The molecule has 8 heteroatoms. The zero-order chi connectivity index (χ0) is 15.4. The molecule has 0 aromatic carbocycles. The van der Waals surface area contributed by atoms with Gasteiger partial charge in [0.05, 0.1) is 6.04 Å². The van der Waals surface area contributed by atoms with E-state index >= 15 is 0 Å². The average Bonchev–Trinajstić information content (AvgIpc) is 2.59. The number of aliphatic carboxylic acids is 1. The molecule has 0 bridgehead atoms. The normalized spacial score (nSPS) is 19.8. The summed E-state index contributed by atoms with van der Waals surface area (Å²) in [4.78, 5) is 9.77. The lowest BCUT2D eigenvalue weighted by atomic mass is 10.3. The van der Waals surface area contributed by atoms with E-state index in [9.17, 15) is 17.6 Å². The first-order chi connectivity index (χ1) is 8.48. The third-order valence-corrected chi connectivity index (χ3v) is 2.69. The van der Waals surface area contributed by atoms with Crippen LogP contribution >= 0.6 is 0 Å². The number of carboxylic acids is 1. The van der Waals surface area contributed by atoms with E-state index in [-0.39, 0.29) is 6.09 Å². The molecule has 0 aromatic rings. The highest BCUT2D eigenvalue weighted by molar-refractivity contribution is 5.70. The molecule has 0 saturated heterocycles. The van der Waals surface area contributed by atoms with Crippen LogP contribution in [0.15, 0.2) is 0 Å². The van der Waals surface area contributed by atoms with Gasteiger partial charge in [0.2, 0.25) is 6.54 Å². The molecule has 0 saturated carbocycles. The Morgan fingerprint density at radius 3 is 1.89 bits per heavy atom. The Morgan fingerprint density at radius 2 is 1.74 bits per heavy atom. The van der Waals surface area contributed by atoms with Gasteiger partial charge in [0.25, 0.3) is 0 Å². The molecule has 0 fully saturated rings. The molecular formula is C11H19F4N2O2+. The first-order valence-corrected chi connectivity index (χ1v) is 5.91. The zero-order valence-corrected chi connectivity index (χ0v) is 11.3. The average molecular weight is 287 g/mol. The van der Waals surface area contributed by atoms with E-state index in [1.54, 1.807) is 0 Å². The minimum Gasteiger partial charge on any atom is -0.542 e. The fraction of sp³-hybridized carbons (Fsp3) is 0.818. The largest absolute Gasteiger partial charge is 0.542 e. The highest BCUT2D eigenvalue weighted by Crippen LogP contribution is 2.11. The van der Waals surface area contributed by atoms with Gasteiger partial charge in [-0.15, -0.1) is 4.58 Å². The number of amidine groups is 1. The van der Waals surface area contributed by atoms with Crippen LogP contribution in [0.1, 0.15) is 27.7 Å². The van der Waals surface area contributed by atoms with Crippen LogP contribution in [0.3, 0.4) is 0 Å². The summed E-state index contributed by atoms with van der Waals surface area (Å²) in [6.45, 7) is 9.93. The molecule has 1 rings (SSSR count). The van der Waals surface area contributed by atoms with E-state index in [4.69, 9.17) is 9.90 Å². The summed E-state index contributed by atoms with van der Waals surface area (Å²) >= 11 is 0. The van der Waals surface area contributed by atoms with Crippen molar-refractivity contribution in [1.82, 2.24) is 0 Å². The van der Waals surface area contributed by atoms with E-state index < -0.39 is 12.1 Å². The maximum absolute atomic E-state index is 13.6. The van der Waals surface area contributed by atoms with Gasteiger partial charge < -0.3 is 9.90 Å². The van der Waals surface area contributed by atoms with Crippen molar-refractivity contribution in [3.63, 3.8) is 0 Å². The van der Waals surface area contributed by atoms with Gasteiger partial charge in [-0.3, -0.25) is 0 Å². The molecule has 1 N–H and O–H groups in total. The molecule has 1 unspecified atom stereocenters. The second-order valence-electron chi connectivity index (χ2n) is 4.79. The highest BCUT2D eigenvalue weighted by Gasteiger charge is 2.39. The Morgan fingerprint density at radius 1 is 1.32 bits per heavy atom. The molecule has 1 aliphatic heterocycles. The van der Waals surface area contributed by atoms with Crippen LogP contribution < -0.4 is 10.0 Å². The van der Waals surface area contributed by atoms with Crippen LogP contribution in [0.4, 0.5) is 17.6 Å². The van der Waals surface area contributed by atoms with Crippen molar-refractivity contribution < 1.29 is 36.9 Å². The lowest BCUT2D eigenvalue weighted by Crippen LogP contribution is -3.15. The third-order valence-electron chi connectivity index (χ3n) is 2.69. The van der Waals surface area contributed by atoms with E-state index in [0.29, 0.717) is 12.1 Å². The Hall–Kier alpha value is -1.18. The summed E-state index contributed by atoms with van der Waals surface area (Å²) < 4.78 is 47.0. The monoisotopic (exact) mass is 287 g/mol. The fourth-order valence-electron chi connectivity index (χ4n) is 1.64. The number of hydrogen-bond acceptors (Lipinski definition) is 2. The number of hydrogen-bond donors (Lipinski definition) is 1. The maximum Gasteiger partial charge on any atom is 0.536 e. The number of carbonyl (C=O) groups is 1. The molecule has 4 nitrogen and oxygen atoms in total. The van der Waals surface area contributed by atoms with Crippen LogP contribution in [-0.4, -0.2) is 48.0 Å². The first-order valence-electron chi connectivity index (χ1n) is 5.91. The number of nitrogens with zero attached hydrogens (tertiary/aromatic N) is 1. The van der Waals surface area contributed by atoms with Crippen molar-refractivity contribution in [3.05, 3.63) is 0 Å². The van der Waals surface area contributed by atoms with Crippen LogP contribution in [0.25, 0.3) is 0 Å². The predicted molar refractivity (Wildman–Crippen MR) is 58.4 cm³/mol. The van der Waals surface area contributed by atoms with Crippen LogP contribution in [0.2, 0.25) is 0 Å². The Labute approximate surface area is 109 Å². The Balaban J connectivity index is 0.000000399. The second-order valence-corrected chi connectivity index (χ2v) is 4.79. The van der Waals surface area contributed by atoms with Gasteiger partial charge in [0.15, 0.2) is 6.04 Å². The summed E-state index contributed by atoms with van der Waals surface area (Å²) in [6.07, 6.45) is -5.17. The molecule has 19 heavy (non-hydrogen) atoms. The standard InChI is InChI=1S/C9H18FN2.C2HF3O2/c1-7(2)11-5-6-12(8(3)4)9(11)10;3-2(4,5)1(6)7/h7-8H,5-6H2,1-4H3;(H,6,7)/q+1;. The maximum atomic E-state index is 13.6. The third kappa shape index (κ3) is 5.54. The number of carbonyl (C=O) groups excluding carboxylic acids is 1. The SMILES string of the molecule is CC(C)[N+]1=C(F)[NH+](C(C)C)CC1.O=C([O-])C(F)(F)F. The van der Waals surface area contributed by atoms with Gasteiger partial charge in [0, 0.05) is 0 Å². The van der Waals surface area contributed by atoms with Crippen molar-refractivity contribution in [3.8, 4) is 0 Å². The van der Waals surface area contributed by atoms with Gasteiger partial charge in [-0.1, -0.05) is 4.39 Å². The quantitative estimate of drug-likeness (QED) is 0.416. The van der Waals surface area contributed by atoms with E-state index in [2.05, 4.69) is 13.8 Å². The molecule has 0 spiro atoms. The molecule has 112 valence electrons. The first kappa shape index (κ1) is 17.8. The van der Waals surface area contributed by atoms with Gasteiger partial charge in [-0.25, -0.2) is 4.90 Å². The van der Waals surface area contributed by atoms with Crippen LogP contribution in [0, 0.1) is 0 Å². The molecule has 1 atom stereocenters. The summed E-state index contributed by atoms with van der Waals surface area (Å²) in [6, 6.07) is 0.648. The van der Waals surface area contributed by atoms with Gasteiger partial charge in [-0.2, -0.15) is 13.2 Å². The Bertz CT molecular complexity index is 351. The number of halogens is 4. The number of alkyl halides is 3.